The summed E-state index contributed by atoms with van der Waals surface area (Å²) in [6, 6.07) is 13.5. The van der Waals surface area contributed by atoms with Crippen molar-refractivity contribution in [2.75, 3.05) is 19.7 Å². The molecule has 2 N–H and O–H groups in total. The largest absolute Gasteiger partial charge is 0.491 e. The molecular weight excluding hydrogens is 252 g/mol. The first kappa shape index (κ1) is 14.5. The van der Waals surface area contributed by atoms with E-state index in [4.69, 9.17) is 4.74 Å². The topological polar surface area (TPSA) is 54.4 Å². The van der Waals surface area contributed by atoms with E-state index in [1.807, 2.05) is 48.7 Å². The Labute approximate surface area is 119 Å². The summed E-state index contributed by atoms with van der Waals surface area (Å²) in [7, 11) is 0. The number of para-hydroxylation sites is 1. The molecule has 1 atom stereocenters. The van der Waals surface area contributed by atoms with Gasteiger partial charge in [-0.05, 0) is 36.7 Å². The standard InChI is InChI=1S/C16H20N2O2/c19-15(13-20-16-6-2-1-3-7-16)12-18-10-8-14-5-4-9-17-11-14/h1-7,9,11,15,18-19H,8,10,12-13H2. The lowest BCUT2D eigenvalue weighted by atomic mass is 10.2. The molecule has 0 aliphatic heterocycles. The highest BCUT2D eigenvalue weighted by atomic mass is 16.5. The fourth-order valence-electron chi connectivity index (χ4n) is 1.82. The first-order valence-electron chi connectivity index (χ1n) is 6.80. The van der Waals surface area contributed by atoms with E-state index in [1.165, 1.54) is 5.56 Å². The zero-order chi connectivity index (χ0) is 14.0. The lowest BCUT2D eigenvalue weighted by Gasteiger charge is -2.13. The summed E-state index contributed by atoms with van der Waals surface area (Å²) >= 11 is 0. The second kappa shape index (κ2) is 8.30. The van der Waals surface area contributed by atoms with E-state index in [-0.39, 0.29) is 0 Å². The number of aromatic nitrogens is 1. The third-order valence-electron chi connectivity index (χ3n) is 2.88. The lowest BCUT2D eigenvalue weighted by molar-refractivity contribution is 0.106. The van der Waals surface area contributed by atoms with E-state index in [2.05, 4.69) is 10.3 Å². The molecule has 0 saturated carbocycles. The molecule has 20 heavy (non-hydrogen) atoms. The Bertz CT molecular complexity index is 476. The summed E-state index contributed by atoms with van der Waals surface area (Å²) in [5, 5.41) is 13.0. The van der Waals surface area contributed by atoms with Gasteiger partial charge < -0.3 is 15.2 Å². The van der Waals surface area contributed by atoms with Crippen LogP contribution in [0.3, 0.4) is 0 Å². The van der Waals surface area contributed by atoms with Crippen molar-refractivity contribution < 1.29 is 9.84 Å². The molecule has 0 amide bonds. The molecule has 1 heterocycles. The van der Waals surface area contributed by atoms with Gasteiger partial charge in [0.1, 0.15) is 18.5 Å². The third kappa shape index (κ3) is 5.38. The van der Waals surface area contributed by atoms with E-state index < -0.39 is 6.10 Å². The minimum Gasteiger partial charge on any atom is -0.491 e. The van der Waals surface area contributed by atoms with E-state index in [9.17, 15) is 5.11 Å². The Morgan fingerprint density at radius 3 is 2.75 bits per heavy atom. The molecule has 0 bridgehead atoms. The number of rotatable bonds is 8. The smallest absolute Gasteiger partial charge is 0.119 e. The number of hydrogen-bond acceptors (Lipinski definition) is 4. The molecule has 4 heteroatoms. The molecule has 0 radical (unpaired) electrons. The van der Waals surface area contributed by atoms with Crippen molar-refractivity contribution in [1.29, 1.82) is 0 Å². The van der Waals surface area contributed by atoms with Gasteiger partial charge in [-0.2, -0.15) is 0 Å². The maximum absolute atomic E-state index is 9.81. The molecule has 1 aromatic heterocycles. The summed E-state index contributed by atoms with van der Waals surface area (Å²) in [6.07, 6.45) is 4.02. The van der Waals surface area contributed by atoms with E-state index >= 15 is 0 Å². The number of nitrogens with one attached hydrogen (secondary N) is 1. The van der Waals surface area contributed by atoms with Crippen LogP contribution in [-0.2, 0) is 6.42 Å². The van der Waals surface area contributed by atoms with Crippen LogP contribution < -0.4 is 10.1 Å². The summed E-state index contributed by atoms with van der Waals surface area (Å²) in [5.74, 6) is 0.780. The Kier molecular flexibility index (Phi) is 6.02. The van der Waals surface area contributed by atoms with Crippen LogP contribution in [0.15, 0.2) is 54.9 Å². The van der Waals surface area contributed by atoms with Gasteiger partial charge in [-0.25, -0.2) is 0 Å². The molecule has 106 valence electrons. The molecule has 1 aromatic carbocycles. The highest BCUT2D eigenvalue weighted by Crippen LogP contribution is 2.08. The quantitative estimate of drug-likeness (QED) is 0.718. The first-order valence-corrected chi connectivity index (χ1v) is 6.80. The van der Waals surface area contributed by atoms with Crippen molar-refractivity contribution >= 4 is 0 Å². The van der Waals surface area contributed by atoms with Gasteiger partial charge in [-0.15, -0.1) is 0 Å². The summed E-state index contributed by atoms with van der Waals surface area (Å²) in [4.78, 5) is 4.06. The zero-order valence-electron chi connectivity index (χ0n) is 11.4. The highest BCUT2D eigenvalue weighted by Gasteiger charge is 2.04. The Hall–Kier alpha value is -1.91. The number of aliphatic hydroxyl groups excluding tert-OH is 1. The van der Waals surface area contributed by atoms with Gasteiger partial charge in [-0.1, -0.05) is 24.3 Å². The van der Waals surface area contributed by atoms with Crippen molar-refractivity contribution in [1.82, 2.24) is 10.3 Å². The predicted molar refractivity (Wildman–Crippen MR) is 78.8 cm³/mol. The van der Waals surface area contributed by atoms with Crippen molar-refractivity contribution in [2.24, 2.45) is 0 Å². The molecule has 2 rings (SSSR count). The van der Waals surface area contributed by atoms with Crippen LogP contribution in [0.25, 0.3) is 0 Å². The van der Waals surface area contributed by atoms with Crippen molar-refractivity contribution in [3.05, 3.63) is 60.4 Å². The van der Waals surface area contributed by atoms with Crippen LogP contribution >= 0.6 is 0 Å². The van der Waals surface area contributed by atoms with Gasteiger partial charge in [0.05, 0.1) is 0 Å². The molecule has 0 spiro atoms. The normalized spacial score (nSPS) is 12.1. The third-order valence-corrected chi connectivity index (χ3v) is 2.88. The lowest BCUT2D eigenvalue weighted by Crippen LogP contribution is -2.32. The summed E-state index contributed by atoms with van der Waals surface area (Å²) in [5.41, 5.74) is 1.19. The van der Waals surface area contributed by atoms with Gasteiger partial charge in [-0.3, -0.25) is 4.98 Å². The fourth-order valence-corrected chi connectivity index (χ4v) is 1.82. The Morgan fingerprint density at radius 1 is 1.15 bits per heavy atom. The molecule has 2 aromatic rings. The second-order valence-corrected chi connectivity index (χ2v) is 4.59. The van der Waals surface area contributed by atoms with Gasteiger partial charge >= 0.3 is 0 Å². The maximum atomic E-state index is 9.81. The van der Waals surface area contributed by atoms with E-state index in [0.29, 0.717) is 13.2 Å². The fraction of sp³-hybridized carbons (Fsp3) is 0.312. The van der Waals surface area contributed by atoms with Crippen molar-refractivity contribution in [3.63, 3.8) is 0 Å². The van der Waals surface area contributed by atoms with Crippen LogP contribution in [-0.4, -0.2) is 35.9 Å². The van der Waals surface area contributed by atoms with Crippen LogP contribution in [0.4, 0.5) is 0 Å². The summed E-state index contributed by atoms with van der Waals surface area (Å²) in [6.45, 7) is 1.63. The molecule has 0 saturated heterocycles. The molecule has 0 fully saturated rings. The second-order valence-electron chi connectivity index (χ2n) is 4.59. The molecule has 1 unspecified atom stereocenters. The number of hydrogen-bond donors (Lipinski definition) is 2. The minimum absolute atomic E-state index is 0.296. The van der Waals surface area contributed by atoms with Gasteiger partial charge in [0.25, 0.3) is 0 Å². The maximum Gasteiger partial charge on any atom is 0.119 e. The van der Waals surface area contributed by atoms with Crippen LogP contribution in [0.2, 0.25) is 0 Å². The number of ether oxygens (including phenoxy) is 1. The average Bonchev–Trinajstić information content (AvgIpc) is 2.52. The van der Waals surface area contributed by atoms with Gasteiger partial charge in [0, 0.05) is 18.9 Å². The zero-order valence-corrected chi connectivity index (χ0v) is 11.4. The van der Waals surface area contributed by atoms with Crippen molar-refractivity contribution in [3.8, 4) is 5.75 Å². The van der Waals surface area contributed by atoms with Crippen LogP contribution in [0, 0.1) is 0 Å². The number of pyridine rings is 1. The van der Waals surface area contributed by atoms with Crippen molar-refractivity contribution in [2.45, 2.75) is 12.5 Å². The summed E-state index contributed by atoms with van der Waals surface area (Å²) < 4.78 is 5.48. The molecule has 0 aliphatic rings. The van der Waals surface area contributed by atoms with E-state index in [0.717, 1.165) is 18.7 Å². The minimum atomic E-state index is -0.510. The average molecular weight is 272 g/mol. The number of aliphatic hydroxyl groups is 1. The van der Waals surface area contributed by atoms with Gasteiger partial charge in [0.15, 0.2) is 0 Å². The van der Waals surface area contributed by atoms with E-state index in [1.54, 1.807) is 6.20 Å². The monoisotopic (exact) mass is 272 g/mol. The van der Waals surface area contributed by atoms with Crippen LogP contribution in [0.1, 0.15) is 5.56 Å². The predicted octanol–water partition coefficient (Wildman–Crippen LogP) is 1.65. The Morgan fingerprint density at radius 2 is 2.00 bits per heavy atom. The van der Waals surface area contributed by atoms with Gasteiger partial charge in [0.2, 0.25) is 0 Å². The number of benzene rings is 1. The molecule has 4 nitrogen and oxygen atoms in total. The molecule has 0 aliphatic carbocycles. The highest BCUT2D eigenvalue weighted by molar-refractivity contribution is 5.20. The Balaban J connectivity index is 1.57. The van der Waals surface area contributed by atoms with Crippen LogP contribution in [0.5, 0.6) is 5.75 Å². The molecular formula is C16H20N2O2. The number of nitrogens with zero attached hydrogens (tertiary/aromatic N) is 1. The SMILES string of the molecule is OC(CNCCc1cccnc1)COc1ccccc1. The first-order chi connectivity index (χ1) is 9.84.